The van der Waals surface area contributed by atoms with Crippen LogP contribution in [0.1, 0.15) is 19.8 Å². The highest BCUT2D eigenvalue weighted by molar-refractivity contribution is 9.10. The standard InChI is InChI=1S/C20H20BrN/c1-2-3-15-22-19(16-7-5-4-6-8-16)13-14-20(22)17-9-11-18(21)12-10-17/h4-14H,2-3,15H2,1H3. The van der Waals surface area contributed by atoms with Crippen molar-refractivity contribution in [2.24, 2.45) is 0 Å². The number of rotatable bonds is 5. The molecule has 2 heteroatoms. The fourth-order valence-electron chi connectivity index (χ4n) is 2.76. The molecule has 1 heterocycles. The Morgan fingerprint density at radius 2 is 1.36 bits per heavy atom. The molecule has 3 aromatic rings. The first kappa shape index (κ1) is 15.1. The number of benzene rings is 2. The van der Waals surface area contributed by atoms with E-state index in [1.165, 1.54) is 35.4 Å². The predicted molar refractivity (Wildman–Crippen MR) is 97.9 cm³/mol. The summed E-state index contributed by atoms with van der Waals surface area (Å²) >= 11 is 3.51. The quantitative estimate of drug-likeness (QED) is 0.501. The molecule has 0 radical (unpaired) electrons. The number of nitrogens with zero attached hydrogens (tertiary/aromatic N) is 1. The molecule has 0 fully saturated rings. The van der Waals surface area contributed by atoms with Crippen molar-refractivity contribution in [1.29, 1.82) is 0 Å². The van der Waals surface area contributed by atoms with Gasteiger partial charge in [0.1, 0.15) is 0 Å². The van der Waals surface area contributed by atoms with Crippen LogP contribution in [-0.2, 0) is 6.54 Å². The van der Waals surface area contributed by atoms with Crippen LogP contribution in [0.3, 0.4) is 0 Å². The van der Waals surface area contributed by atoms with Crippen LogP contribution in [0.4, 0.5) is 0 Å². The molecule has 112 valence electrons. The maximum atomic E-state index is 3.51. The van der Waals surface area contributed by atoms with Crippen molar-refractivity contribution in [3.05, 3.63) is 71.2 Å². The molecule has 0 saturated heterocycles. The summed E-state index contributed by atoms with van der Waals surface area (Å²) in [6, 6.07) is 23.7. The fraction of sp³-hybridized carbons (Fsp3) is 0.200. The monoisotopic (exact) mass is 353 g/mol. The van der Waals surface area contributed by atoms with Crippen LogP contribution in [-0.4, -0.2) is 4.57 Å². The van der Waals surface area contributed by atoms with E-state index in [-0.39, 0.29) is 0 Å². The van der Waals surface area contributed by atoms with Gasteiger partial charge in [-0.1, -0.05) is 71.7 Å². The number of hydrogen-bond donors (Lipinski definition) is 0. The van der Waals surface area contributed by atoms with Gasteiger partial charge in [-0.3, -0.25) is 0 Å². The summed E-state index contributed by atoms with van der Waals surface area (Å²) in [7, 11) is 0. The van der Waals surface area contributed by atoms with Crippen LogP contribution in [0, 0.1) is 0 Å². The molecule has 0 aliphatic heterocycles. The minimum Gasteiger partial charge on any atom is -0.341 e. The van der Waals surface area contributed by atoms with Crippen molar-refractivity contribution in [2.45, 2.75) is 26.3 Å². The molecule has 3 rings (SSSR count). The molecule has 0 saturated carbocycles. The maximum Gasteiger partial charge on any atom is 0.0485 e. The molecular formula is C20H20BrN. The van der Waals surface area contributed by atoms with Crippen molar-refractivity contribution >= 4 is 15.9 Å². The molecule has 0 aliphatic carbocycles. The molecular weight excluding hydrogens is 334 g/mol. The minimum atomic E-state index is 1.05. The van der Waals surface area contributed by atoms with Crippen molar-refractivity contribution in [3.8, 4) is 22.5 Å². The lowest BCUT2D eigenvalue weighted by molar-refractivity contribution is 0.644. The van der Waals surface area contributed by atoms with E-state index in [4.69, 9.17) is 0 Å². The van der Waals surface area contributed by atoms with Gasteiger partial charge in [0.15, 0.2) is 0 Å². The van der Waals surface area contributed by atoms with Gasteiger partial charge in [0.25, 0.3) is 0 Å². The minimum absolute atomic E-state index is 1.05. The third kappa shape index (κ3) is 3.17. The number of halogens is 1. The molecule has 0 unspecified atom stereocenters. The summed E-state index contributed by atoms with van der Waals surface area (Å²) in [5, 5.41) is 0. The van der Waals surface area contributed by atoms with Gasteiger partial charge >= 0.3 is 0 Å². The maximum absolute atomic E-state index is 3.51. The van der Waals surface area contributed by atoms with Gasteiger partial charge in [0, 0.05) is 22.4 Å². The molecule has 1 nitrogen and oxygen atoms in total. The van der Waals surface area contributed by atoms with Crippen LogP contribution >= 0.6 is 15.9 Å². The Hall–Kier alpha value is -1.80. The Morgan fingerprint density at radius 3 is 1.95 bits per heavy atom. The highest BCUT2D eigenvalue weighted by Gasteiger charge is 2.11. The molecule has 2 aromatic carbocycles. The lowest BCUT2D eigenvalue weighted by Gasteiger charge is -2.14. The third-order valence-electron chi connectivity index (χ3n) is 3.93. The lowest BCUT2D eigenvalue weighted by Crippen LogP contribution is -2.02. The zero-order chi connectivity index (χ0) is 15.4. The molecule has 0 N–H and O–H groups in total. The summed E-state index contributed by atoms with van der Waals surface area (Å²) < 4.78 is 3.56. The smallest absolute Gasteiger partial charge is 0.0485 e. The SMILES string of the molecule is CCCCn1c(-c2ccccc2)ccc1-c1ccc(Br)cc1. The van der Waals surface area contributed by atoms with E-state index in [1.54, 1.807) is 0 Å². The van der Waals surface area contributed by atoms with Gasteiger partial charge in [-0.15, -0.1) is 0 Å². The van der Waals surface area contributed by atoms with Crippen LogP contribution in [0.15, 0.2) is 71.2 Å². The Kier molecular flexibility index (Phi) is 4.79. The predicted octanol–water partition coefficient (Wildman–Crippen LogP) is 6.38. The first-order valence-electron chi connectivity index (χ1n) is 7.80. The van der Waals surface area contributed by atoms with E-state index in [0.29, 0.717) is 0 Å². The number of hydrogen-bond acceptors (Lipinski definition) is 0. The van der Waals surface area contributed by atoms with Crippen LogP contribution in [0.25, 0.3) is 22.5 Å². The van der Waals surface area contributed by atoms with Crippen molar-refractivity contribution in [3.63, 3.8) is 0 Å². The third-order valence-corrected chi connectivity index (χ3v) is 4.45. The van der Waals surface area contributed by atoms with Gasteiger partial charge in [-0.2, -0.15) is 0 Å². The molecule has 22 heavy (non-hydrogen) atoms. The second kappa shape index (κ2) is 6.97. The summed E-state index contributed by atoms with van der Waals surface area (Å²) in [6.45, 7) is 3.30. The van der Waals surface area contributed by atoms with Crippen molar-refractivity contribution in [2.75, 3.05) is 0 Å². The van der Waals surface area contributed by atoms with Crippen LogP contribution < -0.4 is 0 Å². The summed E-state index contributed by atoms with van der Waals surface area (Å²) in [6.07, 6.45) is 2.39. The van der Waals surface area contributed by atoms with Gasteiger partial charge in [-0.05, 0) is 41.8 Å². The average molecular weight is 354 g/mol. The molecule has 0 atom stereocenters. The fourth-order valence-corrected chi connectivity index (χ4v) is 3.02. The average Bonchev–Trinajstić information content (AvgIpc) is 2.98. The lowest BCUT2D eigenvalue weighted by atomic mass is 10.1. The zero-order valence-corrected chi connectivity index (χ0v) is 14.4. The van der Waals surface area contributed by atoms with Crippen LogP contribution in [0.5, 0.6) is 0 Å². The van der Waals surface area contributed by atoms with Gasteiger partial charge in [0.2, 0.25) is 0 Å². The molecule has 0 bridgehead atoms. The van der Waals surface area contributed by atoms with Crippen LogP contribution in [0.2, 0.25) is 0 Å². The number of aromatic nitrogens is 1. The normalized spacial score (nSPS) is 10.8. The second-order valence-corrected chi connectivity index (χ2v) is 6.40. The Balaban J connectivity index is 2.07. The van der Waals surface area contributed by atoms with Gasteiger partial charge in [0.05, 0.1) is 0 Å². The Morgan fingerprint density at radius 1 is 0.773 bits per heavy atom. The summed E-state index contributed by atoms with van der Waals surface area (Å²) in [5.41, 5.74) is 5.13. The topological polar surface area (TPSA) is 4.93 Å². The molecule has 0 aliphatic rings. The van der Waals surface area contributed by atoms with Gasteiger partial charge < -0.3 is 4.57 Å². The van der Waals surface area contributed by atoms with E-state index >= 15 is 0 Å². The molecule has 0 amide bonds. The highest BCUT2D eigenvalue weighted by atomic mass is 79.9. The van der Waals surface area contributed by atoms with E-state index in [2.05, 4.69) is 94.2 Å². The van der Waals surface area contributed by atoms with E-state index < -0.39 is 0 Å². The highest BCUT2D eigenvalue weighted by Crippen LogP contribution is 2.30. The van der Waals surface area contributed by atoms with Crippen molar-refractivity contribution < 1.29 is 0 Å². The molecule has 1 aromatic heterocycles. The number of unbranched alkanes of at least 4 members (excludes halogenated alkanes) is 1. The van der Waals surface area contributed by atoms with Crippen molar-refractivity contribution in [1.82, 2.24) is 4.57 Å². The summed E-state index contributed by atoms with van der Waals surface area (Å²) in [5.74, 6) is 0. The second-order valence-electron chi connectivity index (χ2n) is 5.48. The van der Waals surface area contributed by atoms with E-state index in [1.807, 2.05) is 0 Å². The zero-order valence-electron chi connectivity index (χ0n) is 12.8. The van der Waals surface area contributed by atoms with E-state index in [0.717, 1.165) is 11.0 Å². The Labute approximate surface area is 140 Å². The summed E-state index contributed by atoms with van der Waals surface area (Å²) in [4.78, 5) is 0. The van der Waals surface area contributed by atoms with Gasteiger partial charge in [-0.25, -0.2) is 0 Å². The largest absolute Gasteiger partial charge is 0.341 e. The molecule has 0 spiro atoms. The first-order valence-corrected chi connectivity index (χ1v) is 8.60. The van der Waals surface area contributed by atoms with E-state index in [9.17, 15) is 0 Å². The first-order chi connectivity index (χ1) is 10.8. The Bertz CT molecular complexity index is 726.